The van der Waals surface area contributed by atoms with E-state index < -0.39 is 16.6 Å². The molecule has 1 aromatic rings. The lowest BCUT2D eigenvalue weighted by Gasteiger charge is -1.91. The monoisotopic (exact) mass is 268 g/mol. The van der Waals surface area contributed by atoms with Crippen molar-refractivity contribution < 1.29 is 9.31 Å². The highest BCUT2D eigenvalue weighted by Crippen LogP contribution is 2.14. The third-order valence-electron chi connectivity index (χ3n) is 0.966. The lowest BCUT2D eigenvalue weighted by Crippen LogP contribution is -1.96. The molecule has 11 heavy (non-hydrogen) atoms. The summed E-state index contributed by atoms with van der Waals surface area (Å²) in [6.07, 6.45) is 0. The van der Waals surface area contributed by atoms with Crippen molar-refractivity contribution in [3.63, 3.8) is 0 Å². The summed E-state index contributed by atoms with van der Waals surface area (Å²) < 4.78 is 12.9. The number of nitrogens with zero attached hydrogens (tertiary/aromatic N) is 2. The van der Waals surface area contributed by atoms with Crippen LogP contribution in [0, 0.1) is 19.6 Å². The van der Waals surface area contributed by atoms with Crippen molar-refractivity contribution in [2.75, 3.05) is 0 Å². The lowest BCUT2D eigenvalue weighted by molar-refractivity contribution is -0.392. The summed E-state index contributed by atoms with van der Waals surface area (Å²) >= 11 is 1.77. The van der Waals surface area contributed by atoms with Crippen molar-refractivity contribution in [2.45, 2.75) is 0 Å². The Morgan fingerprint density at radius 2 is 2.27 bits per heavy atom. The SMILES string of the molecule is O=[N+]([O-])c1nc(I)ccc1F. The second kappa shape index (κ2) is 3.07. The maximum Gasteiger partial charge on any atom is 0.400 e. The first-order chi connectivity index (χ1) is 5.11. The Kier molecular flexibility index (Phi) is 2.32. The molecule has 1 heterocycles. The van der Waals surface area contributed by atoms with Crippen molar-refractivity contribution in [1.82, 2.24) is 4.98 Å². The molecular formula is C5H2FIN2O2. The third-order valence-corrected chi connectivity index (χ3v) is 1.57. The second-order valence-electron chi connectivity index (χ2n) is 1.70. The molecule has 0 aliphatic carbocycles. The van der Waals surface area contributed by atoms with Gasteiger partial charge in [0.15, 0.2) is 0 Å². The number of halogens is 2. The molecule has 0 unspecified atom stereocenters. The maximum atomic E-state index is 12.5. The zero-order valence-electron chi connectivity index (χ0n) is 5.12. The molecule has 0 saturated carbocycles. The normalized spacial score (nSPS) is 9.64. The van der Waals surface area contributed by atoms with Crippen LogP contribution in [0.15, 0.2) is 12.1 Å². The van der Waals surface area contributed by atoms with Crippen LogP contribution >= 0.6 is 22.6 Å². The predicted molar refractivity (Wildman–Crippen MR) is 43.6 cm³/mol. The van der Waals surface area contributed by atoms with Gasteiger partial charge in [0.05, 0.1) is 0 Å². The van der Waals surface area contributed by atoms with Gasteiger partial charge in [-0.1, -0.05) is 0 Å². The number of hydrogen-bond acceptors (Lipinski definition) is 3. The maximum absolute atomic E-state index is 12.5. The van der Waals surface area contributed by atoms with Crippen LogP contribution in [0.4, 0.5) is 10.2 Å². The predicted octanol–water partition coefficient (Wildman–Crippen LogP) is 1.73. The van der Waals surface area contributed by atoms with Gasteiger partial charge in [-0.05, 0) is 22.0 Å². The van der Waals surface area contributed by atoms with Gasteiger partial charge in [-0.2, -0.15) is 4.39 Å². The largest absolute Gasteiger partial charge is 0.400 e. The molecule has 0 radical (unpaired) electrons. The Morgan fingerprint density at radius 1 is 1.64 bits per heavy atom. The number of pyridine rings is 1. The van der Waals surface area contributed by atoms with Crippen molar-refractivity contribution in [1.29, 1.82) is 0 Å². The van der Waals surface area contributed by atoms with Gasteiger partial charge in [0.25, 0.3) is 0 Å². The number of nitro groups is 1. The van der Waals surface area contributed by atoms with E-state index in [2.05, 4.69) is 4.98 Å². The van der Waals surface area contributed by atoms with E-state index in [1.165, 1.54) is 6.07 Å². The fourth-order valence-corrected chi connectivity index (χ4v) is 0.945. The molecule has 0 fully saturated rings. The summed E-state index contributed by atoms with van der Waals surface area (Å²) in [6.45, 7) is 0. The third kappa shape index (κ3) is 1.82. The number of hydrogen-bond donors (Lipinski definition) is 0. The van der Waals surface area contributed by atoms with Crippen LogP contribution in [0.5, 0.6) is 0 Å². The molecule has 4 nitrogen and oxygen atoms in total. The molecule has 0 saturated heterocycles. The first-order valence-corrected chi connectivity index (χ1v) is 3.65. The fourth-order valence-electron chi connectivity index (χ4n) is 0.536. The Morgan fingerprint density at radius 3 is 2.73 bits per heavy atom. The fraction of sp³-hybridized carbons (Fsp3) is 0. The Labute approximate surface area is 74.7 Å². The molecule has 0 spiro atoms. The van der Waals surface area contributed by atoms with Crippen LogP contribution in [0.25, 0.3) is 0 Å². The minimum atomic E-state index is -0.907. The van der Waals surface area contributed by atoms with E-state index >= 15 is 0 Å². The minimum Gasteiger partial charge on any atom is -0.358 e. The summed E-state index contributed by atoms with van der Waals surface area (Å²) in [7, 11) is 0. The zero-order chi connectivity index (χ0) is 8.43. The van der Waals surface area contributed by atoms with Crippen molar-refractivity contribution in [2.24, 2.45) is 0 Å². The van der Waals surface area contributed by atoms with Crippen LogP contribution in [-0.2, 0) is 0 Å². The molecule has 0 atom stereocenters. The first kappa shape index (κ1) is 8.31. The molecular weight excluding hydrogens is 266 g/mol. The average molecular weight is 268 g/mol. The van der Waals surface area contributed by atoms with Gasteiger partial charge in [-0.3, -0.25) is 0 Å². The van der Waals surface area contributed by atoms with Crippen LogP contribution in [0.1, 0.15) is 0 Å². The highest BCUT2D eigenvalue weighted by Gasteiger charge is 2.15. The van der Waals surface area contributed by atoms with Crippen molar-refractivity contribution in [3.8, 4) is 0 Å². The van der Waals surface area contributed by atoms with Gasteiger partial charge in [-0.25, -0.2) is 0 Å². The van der Waals surface area contributed by atoms with E-state index in [0.29, 0.717) is 3.70 Å². The Hall–Kier alpha value is -0.790. The molecule has 0 aliphatic heterocycles. The molecule has 1 aromatic heterocycles. The molecule has 58 valence electrons. The van der Waals surface area contributed by atoms with E-state index in [0.717, 1.165) is 6.07 Å². The smallest absolute Gasteiger partial charge is 0.358 e. The number of rotatable bonds is 1. The van der Waals surface area contributed by atoms with Gasteiger partial charge in [0, 0.05) is 22.6 Å². The highest BCUT2D eigenvalue weighted by atomic mass is 127. The van der Waals surface area contributed by atoms with E-state index in [-0.39, 0.29) is 0 Å². The second-order valence-corrected chi connectivity index (χ2v) is 2.80. The minimum absolute atomic E-state index is 0.399. The summed E-state index contributed by atoms with van der Waals surface area (Å²) in [4.78, 5) is 12.6. The lowest BCUT2D eigenvalue weighted by atomic mass is 10.4. The summed E-state index contributed by atoms with van der Waals surface area (Å²) in [5.74, 6) is -1.63. The zero-order valence-corrected chi connectivity index (χ0v) is 7.28. The van der Waals surface area contributed by atoms with Crippen LogP contribution < -0.4 is 0 Å². The van der Waals surface area contributed by atoms with Gasteiger partial charge in [0.2, 0.25) is 9.52 Å². The van der Waals surface area contributed by atoms with Crippen LogP contribution in [0.2, 0.25) is 0 Å². The van der Waals surface area contributed by atoms with E-state index in [9.17, 15) is 14.5 Å². The Bertz CT molecular complexity index is 305. The number of aromatic nitrogens is 1. The van der Waals surface area contributed by atoms with Gasteiger partial charge in [0.1, 0.15) is 0 Å². The quantitative estimate of drug-likeness (QED) is 0.337. The van der Waals surface area contributed by atoms with Gasteiger partial charge < -0.3 is 10.1 Å². The average Bonchev–Trinajstić information content (AvgIpc) is 1.94. The molecule has 0 bridgehead atoms. The molecule has 0 aliphatic rings. The van der Waals surface area contributed by atoms with Crippen molar-refractivity contribution in [3.05, 3.63) is 31.8 Å². The molecule has 0 N–H and O–H groups in total. The topological polar surface area (TPSA) is 56.0 Å². The summed E-state index contributed by atoms with van der Waals surface area (Å²) in [5, 5.41) is 10.1. The summed E-state index contributed by atoms with van der Waals surface area (Å²) in [6, 6.07) is 2.38. The van der Waals surface area contributed by atoms with E-state index in [1.54, 1.807) is 22.6 Å². The summed E-state index contributed by atoms with van der Waals surface area (Å²) in [5.41, 5.74) is 0. The van der Waals surface area contributed by atoms with Crippen molar-refractivity contribution >= 4 is 28.4 Å². The molecule has 1 rings (SSSR count). The molecule has 6 heteroatoms. The van der Waals surface area contributed by atoms with E-state index in [1.807, 2.05) is 0 Å². The van der Waals surface area contributed by atoms with Crippen LogP contribution in [0.3, 0.4) is 0 Å². The standard InChI is InChI=1S/C5H2FIN2O2/c6-3-1-2-4(7)8-5(3)9(10)11/h1-2H. The Balaban J connectivity index is 3.23. The van der Waals surface area contributed by atoms with Crippen LogP contribution in [-0.4, -0.2) is 9.91 Å². The first-order valence-electron chi connectivity index (χ1n) is 2.57. The van der Waals surface area contributed by atoms with E-state index in [4.69, 9.17) is 0 Å². The van der Waals surface area contributed by atoms with Gasteiger partial charge in [-0.15, -0.1) is 0 Å². The highest BCUT2D eigenvalue weighted by molar-refractivity contribution is 14.1. The van der Waals surface area contributed by atoms with Gasteiger partial charge >= 0.3 is 5.82 Å². The molecule has 0 aromatic carbocycles. The molecule has 0 amide bonds.